The summed E-state index contributed by atoms with van der Waals surface area (Å²) in [5, 5.41) is 23.4. The van der Waals surface area contributed by atoms with E-state index in [1.54, 1.807) is 0 Å². The van der Waals surface area contributed by atoms with E-state index in [0.29, 0.717) is 17.6 Å². The SMILES string of the molecule is CS(=O)(=O)O[C@@](CCC(=O)O)(NC(=O)c1ccc(NCc2cnc3nc(N)[nH]c(=O)c3n2)cc1)C(=O)O. The van der Waals surface area contributed by atoms with Gasteiger partial charge in [0.2, 0.25) is 5.95 Å². The number of carboxylic acids is 2. The van der Waals surface area contributed by atoms with E-state index in [-0.39, 0.29) is 29.2 Å². The average Bonchev–Trinajstić information content (AvgIpc) is 2.80. The summed E-state index contributed by atoms with van der Waals surface area (Å²) in [6.45, 7) is 0.137. The molecule has 1 atom stereocenters. The van der Waals surface area contributed by atoms with Crippen LogP contribution in [0.1, 0.15) is 28.9 Å². The minimum absolute atomic E-state index is 0.00152. The minimum Gasteiger partial charge on any atom is -0.481 e. The molecule has 3 rings (SSSR count). The number of nitrogens with two attached hydrogens (primary N) is 1. The summed E-state index contributed by atoms with van der Waals surface area (Å²) in [5.74, 6) is -4.42. The van der Waals surface area contributed by atoms with Gasteiger partial charge in [-0.05, 0) is 24.3 Å². The molecule has 1 aromatic carbocycles. The van der Waals surface area contributed by atoms with Gasteiger partial charge in [0, 0.05) is 17.7 Å². The van der Waals surface area contributed by atoms with Crippen molar-refractivity contribution >= 4 is 50.8 Å². The lowest BCUT2D eigenvalue weighted by molar-refractivity contribution is -0.159. The first-order valence-electron chi connectivity index (χ1n) is 10.3. The zero-order valence-corrected chi connectivity index (χ0v) is 19.9. The van der Waals surface area contributed by atoms with Crippen molar-refractivity contribution in [3.8, 4) is 0 Å². The molecule has 0 aliphatic carbocycles. The van der Waals surface area contributed by atoms with Crippen LogP contribution in [0, 0.1) is 0 Å². The van der Waals surface area contributed by atoms with E-state index in [1.807, 2.05) is 5.32 Å². The van der Waals surface area contributed by atoms with E-state index in [9.17, 15) is 32.7 Å². The first-order chi connectivity index (χ1) is 17.3. The first kappa shape index (κ1) is 27.0. The summed E-state index contributed by atoms with van der Waals surface area (Å²) in [7, 11) is -4.40. The topological polar surface area (TPSA) is 257 Å². The maximum absolute atomic E-state index is 12.7. The highest BCUT2D eigenvalue weighted by molar-refractivity contribution is 7.86. The van der Waals surface area contributed by atoms with Crippen molar-refractivity contribution in [1.82, 2.24) is 25.3 Å². The Morgan fingerprint density at radius 3 is 2.43 bits per heavy atom. The van der Waals surface area contributed by atoms with Crippen molar-refractivity contribution in [2.45, 2.75) is 25.1 Å². The summed E-state index contributed by atoms with van der Waals surface area (Å²) >= 11 is 0. The number of anilines is 2. The van der Waals surface area contributed by atoms with Gasteiger partial charge in [0.15, 0.2) is 11.2 Å². The highest BCUT2D eigenvalue weighted by Gasteiger charge is 2.45. The molecule has 2 heterocycles. The third-order valence-electron chi connectivity index (χ3n) is 4.75. The summed E-state index contributed by atoms with van der Waals surface area (Å²) in [5.41, 5.74) is 3.02. The summed E-state index contributed by atoms with van der Waals surface area (Å²) in [6, 6.07) is 5.56. The van der Waals surface area contributed by atoms with Crippen LogP contribution in [0.4, 0.5) is 11.6 Å². The predicted molar refractivity (Wildman–Crippen MR) is 127 cm³/mol. The molecule has 0 saturated carbocycles. The molecular weight excluding hydrogens is 514 g/mol. The molecule has 0 fully saturated rings. The number of aromatic amines is 1. The molecular formula is C20H21N7O9S. The fourth-order valence-corrected chi connectivity index (χ4v) is 3.82. The zero-order chi connectivity index (χ0) is 27.4. The molecule has 0 aliphatic rings. The zero-order valence-electron chi connectivity index (χ0n) is 19.1. The molecule has 0 saturated heterocycles. The summed E-state index contributed by atoms with van der Waals surface area (Å²) in [6.07, 6.45) is 0.319. The molecule has 0 unspecified atom stereocenters. The van der Waals surface area contributed by atoms with E-state index < -0.39 is 52.1 Å². The molecule has 196 valence electrons. The number of carboxylic acid groups (broad SMARTS) is 2. The van der Waals surface area contributed by atoms with Crippen molar-refractivity contribution in [2.24, 2.45) is 0 Å². The van der Waals surface area contributed by atoms with Crippen molar-refractivity contribution in [3.63, 3.8) is 0 Å². The van der Waals surface area contributed by atoms with Crippen LogP contribution in [0.15, 0.2) is 35.3 Å². The lowest BCUT2D eigenvalue weighted by atomic mass is 10.1. The van der Waals surface area contributed by atoms with Gasteiger partial charge in [-0.3, -0.25) is 19.4 Å². The lowest BCUT2D eigenvalue weighted by Gasteiger charge is -2.28. The van der Waals surface area contributed by atoms with Crippen LogP contribution in [0.5, 0.6) is 0 Å². The largest absolute Gasteiger partial charge is 0.481 e. The smallest absolute Gasteiger partial charge is 0.358 e. The van der Waals surface area contributed by atoms with Gasteiger partial charge in [-0.1, -0.05) is 0 Å². The normalized spacial score (nSPS) is 13.0. The van der Waals surface area contributed by atoms with Crippen LogP contribution < -0.4 is 21.9 Å². The molecule has 17 heteroatoms. The standard InChI is InChI=1S/C20H21N7O9S/c1-37(34,35)36-20(18(32)33,7-6-13(28)29)27-16(30)10-2-4-11(5-3-10)22-8-12-9-23-15-14(24-12)17(31)26-19(21)25-15/h2-5,9,22H,6-8H2,1H3,(H,27,30)(H,28,29)(H,32,33)(H3,21,23,25,26,31)/t20-/m1/s1. The third-order valence-corrected chi connectivity index (χ3v) is 5.34. The Balaban J connectivity index is 1.73. The number of nitrogens with zero attached hydrogens (tertiary/aromatic N) is 3. The highest BCUT2D eigenvalue weighted by atomic mass is 32.2. The number of rotatable bonds is 11. The molecule has 2 aromatic heterocycles. The van der Waals surface area contributed by atoms with Gasteiger partial charge < -0.3 is 26.6 Å². The minimum atomic E-state index is -4.40. The maximum Gasteiger partial charge on any atom is 0.358 e. The molecule has 7 N–H and O–H groups in total. The Kier molecular flexibility index (Phi) is 7.68. The maximum atomic E-state index is 12.7. The van der Waals surface area contributed by atoms with Crippen LogP contribution >= 0.6 is 0 Å². The second-order valence-electron chi connectivity index (χ2n) is 7.68. The van der Waals surface area contributed by atoms with Crippen LogP contribution in [0.3, 0.4) is 0 Å². The number of hydrogen-bond donors (Lipinski definition) is 6. The number of nitrogens with one attached hydrogen (secondary N) is 3. The van der Waals surface area contributed by atoms with Crippen LogP contribution in [-0.2, 0) is 30.4 Å². The average molecular weight is 535 g/mol. The van der Waals surface area contributed by atoms with E-state index >= 15 is 0 Å². The van der Waals surface area contributed by atoms with E-state index in [1.165, 1.54) is 30.5 Å². The number of H-pyrrole nitrogens is 1. The Bertz CT molecular complexity index is 1520. The van der Waals surface area contributed by atoms with Crippen LogP contribution in [0.25, 0.3) is 11.2 Å². The van der Waals surface area contributed by atoms with Crippen molar-refractivity contribution < 1.29 is 37.2 Å². The second kappa shape index (κ2) is 10.5. The second-order valence-corrected chi connectivity index (χ2v) is 9.26. The Morgan fingerprint density at radius 1 is 1.16 bits per heavy atom. The van der Waals surface area contributed by atoms with E-state index in [0.717, 1.165) is 0 Å². The fourth-order valence-electron chi connectivity index (χ4n) is 3.11. The number of carbonyl (C=O) groups is 3. The summed E-state index contributed by atoms with van der Waals surface area (Å²) < 4.78 is 27.8. The van der Waals surface area contributed by atoms with Gasteiger partial charge in [0.05, 0.1) is 31.1 Å². The third kappa shape index (κ3) is 6.95. The molecule has 16 nitrogen and oxygen atoms in total. The quantitative estimate of drug-likeness (QED) is 0.131. The molecule has 0 bridgehead atoms. The van der Waals surface area contributed by atoms with Crippen molar-refractivity contribution in [3.05, 3.63) is 52.1 Å². The van der Waals surface area contributed by atoms with Gasteiger partial charge in [-0.15, -0.1) is 0 Å². The van der Waals surface area contributed by atoms with E-state index in [4.69, 9.17) is 10.8 Å². The predicted octanol–water partition coefficient (Wildman–Crippen LogP) is -0.741. The number of fused-ring (bicyclic) bond motifs is 1. The van der Waals surface area contributed by atoms with Crippen LogP contribution in [-0.4, -0.2) is 68.4 Å². The van der Waals surface area contributed by atoms with Gasteiger partial charge in [0.25, 0.3) is 27.3 Å². The first-order valence-corrected chi connectivity index (χ1v) is 12.1. The van der Waals surface area contributed by atoms with Gasteiger partial charge in [-0.25, -0.2) is 18.9 Å². The van der Waals surface area contributed by atoms with Gasteiger partial charge in [-0.2, -0.15) is 13.4 Å². The molecule has 1 amide bonds. The number of aliphatic carboxylic acids is 2. The Morgan fingerprint density at radius 2 is 1.84 bits per heavy atom. The van der Waals surface area contributed by atoms with Crippen molar-refractivity contribution in [2.75, 3.05) is 17.3 Å². The number of amides is 1. The molecule has 0 radical (unpaired) electrons. The number of carbonyl (C=O) groups excluding carboxylic acids is 1. The van der Waals surface area contributed by atoms with Gasteiger partial charge >= 0.3 is 11.9 Å². The fraction of sp³-hybridized carbons (Fsp3) is 0.250. The lowest BCUT2D eigenvalue weighted by Crippen LogP contribution is -2.57. The monoisotopic (exact) mass is 535 g/mol. The molecule has 3 aromatic rings. The Labute approximate surface area is 208 Å². The van der Waals surface area contributed by atoms with Gasteiger partial charge in [0.1, 0.15) is 0 Å². The number of aromatic nitrogens is 4. The number of nitrogen functional groups attached to an aromatic ring is 1. The highest BCUT2D eigenvalue weighted by Crippen LogP contribution is 2.20. The van der Waals surface area contributed by atoms with E-state index in [2.05, 4.69) is 29.4 Å². The molecule has 0 aliphatic heterocycles. The number of benzene rings is 1. The summed E-state index contributed by atoms with van der Waals surface area (Å²) in [4.78, 5) is 61.8. The number of hydrogen-bond acceptors (Lipinski definition) is 12. The molecule has 37 heavy (non-hydrogen) atoms. The van der Waals surface area contributed by atoms with Crippen molar-refractivity contribution in [1.29, 1.82) is 0 Å². The van der Waals surface area contributed by atoms with Crippen LogP contribution in [0.2, 0.25) is 0 Å². The molecule has 0 spiro atoms. The Hall–Kier alpha value is -4.64.